The standard InChI is InChI=1S/C12H12BrN5O3/c13-9-2-1-8(18(20)21)5-10(9)16-12(19)11-6-17(4-3-14)7-15-11/h1-2,5-7H,3-4,14H2,(H,16,19). The first-order chi connectivity index (χ1) is 10.0. The molecule has 2 aromatic rings. The van der Waals surface area contributed by atoms with Crippen LogP contribution in [0.2, 0.25) is 0 Å². The Kier molecular flexibility index (Phi) is 4.66. The van der Waals surface area contributed by atoms with E-state index < -0.39 is 10.8 Å². The Balaban J connectivity index is 2.18. The molecule has 2 rings (SSSR count). The number of imidazole rings is 1. The number of hydrogen-bond donors (Lipinski definition) is 2. The fourth-order valence-electron chi connectivity index (χ4n) is 1.66. The smallest absolute Gasteiger partial charge is 0.275 e. The number of nitrogens with one attached hydrogen (secondary N) is 1. The number of nitrogens with zero attached hydrogens (tertiary/aromatic N) is 3. The lowest BCUT2D eigenvalue weighted by atomic mass is 10.2. The van der Waals surface area contributed by atoms with Crippen LogP contribution in [-0.4, -0.2) is 26.9 Å². The number of halogens is 1. The molecule has 8 nitrogen and oxygen atoms in total. The lowest BCUT2D eigenvalue weighted by molar-refractivity contribution is -0.384. The van der Waals surface area contributed by atoms with Crippen LogP contribution < -0.4 is 11.1 Å². The molecule has 0 saturated carbocycles. The van der Waals surface area contributed by atoms with Crippen LogP contribution in [0.3, 0.4) is 0 Å². The molecule has 0 aliphatic carbocycles. The predicted molar refractivity (Wildman–Crippen MR) is 80.0 cm³/mol. The minimum Gasteiger partial charge on any atom is -0.335 e. The van der Waals surface area contributed by atoms with Gasteiger partial charge in [-0.3, -0.25) is 14.9 Å². The number of carbonyl (C=O) groups is 1. The Morgan fingerprint density at radius 1 is 1.52 bits per heavy atom. The number of anilines is 1. The second-order valence-corrected chi connectivity index (χ2v) is 5.02. The second-order valence-electron chi connectivity index (χ2n) is 4.16. The van der Waals surface area contributed by atoms with Crippen molar-refractivity contribution in [2.45, 2.75) is 6.54 Å². The molecule has 0 aliphatic rings. The average Bonchev–Trinajstić information content (AvgIpc) is 2.90. The number of hydrogen-bond acceptors (Lipinski definition) is 5. The zero-order chi connectivity index (χ0) is 15.4. The highest BCUT2D eigenvalue weighted by molar-refractivity contribution is 9.10. The number of non-ortho nitro benzene ring substituents is 1. The summed E-state index contributed by atoms with van der Waals surface area (Å²) in [6.07, 6.45) is 3.07. The SMILES string of the molecule is NCCn1cnc(C(=O)Nc2cc([N+](=O)[O-])ccc2Br)c1. The van der Waals surface area contributed by atoms with E-state index in [0.717, 1.165) is 0 Å². The maximum absolute atomic E-state index is 12.1. The van der Waals surface area contributed by atoms with E-state index in [1.807, 2.05) is 0 Å². The molecule has 110 valence electrons. The monoisotopic (exact) mass is 353 g/mol. The number of carbonyl (C=O) groups excluding carboxylic acids is 1. The Hall–Kier alpha value is -2.26. The van der Waals surface area contributed by atoms with E-state index in [-0.39, 0.29) is 11.4 Å². The molecule has 0 saturated heterocycles. The largest absolute Gasteiger partial charge is 0.335 e. The van der Waals surface area contributed by atoms with Crippen molar-refractivity contribution in [3.63, 3.8) is 0 Å². The minimum atomic E-state index is -0.530. The lowest BCUT2D eigenvalue weighted by Crippen LogP contribution is -2.13. The Labute approximate surface area is 128 Å². The summed E-state index contributed by atoms with van der Waals surface area (Å²) in [5.41, 5.74) is 5.82. The van der Waals surface area contributed by atoms with Crippen molar-refractivity contribution < 1.29 is 9.72 Å². The van der Waals surface area contributed by atoms with Gasteiger partial charge in [0.25, 0.3) is 11.6 Å². The van der Waals surface area contributed by atoms with Crippen LogP contribution in [0.25, 0.3) is 0 Å². The number of aromatic nitrogens is 2. The summed E-state index contributed by atoms with van der Waals surface area (Å²) in [6, 6.07) is 4.12. The van der Waals surface area contributed by atoms with Crippen LogP contribution in [0.4, 0.5) is 11.4 Å². The van der Waals surface area contributed by atoms with E-state index >= 15 is 0 Å². The highest BCUT2D eigenvalue weighted by Crippen LogP contribution is 2.27. The Morgan fingerprint density at radius 2 is 2.29 bits per heavy atom. The summed E-state index contributed by atoms with van der Waals surface area (Å²) in [5.74, 6) is -0.452. The number of nitro benzene ring substituents is 1. The van der Waals surface area contributed by atoms with Gasteiger partial charge < -0.3 is 15.6 Å². The van der Waals surface area contributed by atoms with E-state index in [2.05, 4.69) is 26.2 Å². The molecule has 0 atom stereocenters. The van der Waals surface area contributed by atoms with Crippen molar-refractivity contribution in [1.82, 2.24) is 9.55 Å². The van der Waals surface area contributed by atoms with Gasteiger partial charge in [-0.25, -0.2) is 4.98 Å². The van der Waals surface area contributed by atoms with E-state index in [0.29, 0.717) is 23.2 Å². The molecule has 0 spiro atoms. The molecular formula is C12H12BrN5O3. The summed E-state index contributed by atoms with van der Waals surface area (Å²) in [4.78, 5) is 26.2. The maximum atomic E-state index is 12.1. The summed E-state index contributed by atoms with van der Waals surface area (Å²) >= 11 is 3.23. The average molecular weight is 354 g/mol. The van der Waals surface area contributed by atoms with Crippen LogP contribution >= 0.6 is 15.9 Å². The number of amides is 1. The third-order valence-corrected chi connectivity index (χ3v) is 3.35. The summed E-state index contributed by atoms with van der Waals surface area (Å²) in [5, 5.41) is 13.3. The zero-order valence-corrected chi connectivity index (χ0v) is 12.4. The topological polar surface area (TPSA) is 116 Å². The molecule has 1 heterocycles. The van der Waals surface area contributed by atoms with Crippen molar-refractivity contribution in [1.29, 1.82) is 0 Å². The van der Waals surface area contributed by atoms with Crippen LogP contribution in [0.1, 0.15) is 10.5 Å². The summed E-state index contributed by atoms with van der Waals surface area (Å²) in [7, 11) is 0. The zero-order valence-electron chi connectivity index (χ0n) is 10.8. The fraction of sp³-hybridized carbons (Fsp3) is 0.167. The lowest BCUT2D eigenvalue weighted by Gasteiger charge is -2.05. The first-order valence-electron chi connectivity index (χ1n) is 5.98. The third-order valence-electron chi connectivity index (χ3n) is 2.66. The van der Waals surface area contributed by atoms with E-state index in [4.69, 9.17) is 5.73 Å². The first kappa shape index (κ1) is 15.1. The van der Waals surface area contributed by atoms with Gasteiger partial charge in [0.15, 0.2) is 0 Å². The van der Waals surface area contributed by atoms with E-state index in [1.165, 1.54) is 24.5 Å². The van der Waals surface area contributed by atoms with E-state index in [1.54, 1.807) is 10.8 Å². The normalized spacial score (nSPS) is 10.4. The van der Waals surface area contributed by atoms with Gasteiger partial charge in [0.1, 0.15) is 5.69 Å². The van der Waals surface area contributed by atoms with Crippen molar-refractivity contribution >= 4 is 33.2 Å². The van der Waals surface area contributed by atoms with Crippen LogP contribution in [-0.2, 0) is 6.54 Å². The summed E-state index contributed by atoms with van der Waals surface area (Å²) < 4.78 is 2.24. The fourth-order valence-corrected chi connectivity index (χ4v) is 2.00. The van der Waals surface area contributed by atoms with Gasteiger partial charge in [-0.15, -0.1) is 0 Å². The number of nitrogens with two attached hydrogens (primary N) is 1. The molecule has 0 aliphatic heterocycles. The van der Waals surface area contributed by atoms with Crippen molar-refractivity contribution in [2.75, 3.05) is 11.9 Å². The highest BCUT2D eigenvalue weighted by Gasteiger charge is 2.14. The Bertz CT molecular complexity index is 685. The maximum Gasteiger partial charge on any atom is 0.275 e. The second kappa shape index (κ2) is 6.46. The number of nitro groups is 1. The third kappa shape index (κ3) is 3.64. The van der Waals surface area contributed by atoms with Gasteiger partial charge in [0, 0.05) is 35.9 Å². The number of rotatable bonds is 5. The van der Waals surface area contributed by atoms with Gasteiger partial charge in [0.05, 0.1) is 16.9 Å². The van der Waals surface area contributed by atoms with Crippen molar-refractivity contribution in [3.8, 4) is 0 Å². The van der Waals surface area contributed by atoms with Gasteiger partial charge in [-0.1, -0.05) is 0 Å². The Morgan fingerprint density at radius 3 is 2.95 bits per heavy atom. The van der Waals surface area contributed by atoms with Crippen LogP contribution in [0.15, 0.2) is 35.2 Å². The number of benzene rings is 1. The van der Waals surface area contributed by atoms with Crippen LogP contribution in [0, 0.1) is 10.1 Å². The molecule has 1 aromatic carbocycles. The molecule has 1 amide bonds. The molecule has 0 radical (unpaired) electrons. The molecule has 0 fully saturated rings. The van der Waals surface area contributed by atoms with E-state index in [9.17, 15) is 14.9 Å². The quantitative estimate of drug-likeness (QED) is 0.627. The molecule has 3 N–H and O–H groups in total. The molecule has 1 aromatic heterocycles. The van der Waals surface area contributed by atoms with Crippen LogP contribution in [0.5, 0.6) is 0 Å². The van der Waals surface area contributed by atoms with Gasteiger partial charge in [-0.05, 0) is 22.0 Å². The molecular weight excluding hydrogens is 342 g/mol. The predicted octanol–water partition coefficient (Wildman–Crippen LogP) is 1.76. The minimum absolute atomic E-state index is 0.109. The molecule has 0 bridgehead atoms. The van der Waals surface area contributed by atoms with Gasteiger partial charge in [0.2, 0.25) is 0 Å². The molecule has 21 heavy (non-hydrogen) atoms. The molecule has 9 heteroatoms. The van der Waals surface area contributed by atoms with Crippen molar-refractivity contribution in [3.05, 3.63) is 51.0 Å². The van der Waals surface area contributed by atoms with Gasteiger partial charge >= 0.3 is 0 Å². The van der Waals surface area contributed by atoms with Gasteiger partial charge in [-0.2, -0.15) is 0 Å². The first-order valence-corrected chi connectivity index (χ1v) is 6.77. The molecule has 0 unspecified atom stereocenters. The summed E-state index contributed by atoms with van der Waals surface area (Å²) in [6.45, 7) is 0.995. The highest BCUT2D eigenvalue weighted by atomic mass is 79.9. The van der Waals surface area contributed by atoms with Crippen molar-refractivity contribution in [2.24, 2.45) is 5.73 Å².